The number of hydrogen-bond acceptors (Lipinski definition) is 3. The lowest BCUT2D eigenvalue weighted by atomic mass is 10.0. The highest BCUT2D eigenvalue weighted by Gasteiger charge is 2.17. The highest BCUT2D eigenvalue weighted by molar-refractivity contribution is 5.76. The van der Waals surface area contributed by atoms with Crippen LogP contribution in [0.1, 0.15) is 190 Å². The second kappa shape index (κ2) is 30.7. The summed E-state index contributed by atoms with van der Waals surface area (Å²) in [4.78, 5) is 12.8. The van der Waals surface area contributed by atoms with Crippen molar-refractivity contribution >= 4 is 5.91 Å². The van der Waals surface area contributed by atoms with Crippen LogP contribution in [0.15, 0.2) is 12.1 Å². The molecule has 0 saturated heterocycles. The third-order valence-corrected chi connectivity index (χ3v) is 7.07. The van der Waals surface area contributed by atoms with Crippen molar-refractivity contribution in [1.29, 1.82) is 0 Å². The van der Waals surface area contributed by atoms with Gasteiger partial charge in [-0.05, 0) is 19.3 Å². The first-order chi connectivity index (χ1) is 21.8. The van der Waals surface area contributed by atoms with Crippen molar-refractivity contribution in [3.8, 4) is 0 Å². The molecule has 0 saturated carbocycles. The minimum absolute atomic E-state index is 0.0286. The largest absolute Gasteiger partial charge is 0.394 e. The van der Waals surface area contributed by atoms with Crippen molar-refractivity contribution in [2.45, 2.75) is 193 Å². The van der Waals surface area contributed by atoms with Crippen molar-refractivity contribution in [2.24, 2.45) is 0 Å². The number of aliphatic hydroxyl groups is 2. The third kappa shape index (κ3) is 26.7. The standard InChI is InChI=1S/C34H67NO3/c1-3-5-7-9-11-13-15-17-19-21-23-25-27-29-33(37)32(31-36)35-34(38)30-28-26-24-22-20-18-16-14-12-10-8-6-4-2/h27,29,32-33,36-37H,3-26,28,30-31H2,1-2H3,(H,35,38)/b29-27+/t32-,33+/m0/s1/i2D,27D,29D,31D2,32D,33D/hD. The maximum atomic E-state index is 12.8. The summed E-state index contributed by atoms with van der Waals surface area (Å²) in [5.41, 5.74) is 0. The number of carbonyl (C=O) groups excluding carboxylic acids is 1. The molecule has 4 heteroatoms. The molecule has 38 heavy (non-hydrogen) atoms. The van der Waals surface area contributed by atoms with Gasteiger partial charge in [0.15, 0.2) is 1.41 Å². The van der Waals surface area contributed by atoms with Crippen molar-refractivity contribution in [1.82, 2.24) is 5.31 Å². The first-order valence-electron chi connectivity index (χ1n) is 20.2. The number of unbranched alkanes of at least 4 members (excludes halogenated alkanes) is 22. The number of allylic oxidation sites excluding steroid dienone is 1. The van der Waals surface area contributed by atoms with E-state index in [1.807, 2.05) is 0 Å². The van der Waals surface area contributed by atoms with Crippen LogP contribution in [0.2, 0.25) is 1.41 Å². The number of amides is 1. The molecule has 1 amide bonds. The Balaban J connectivity index is 4.67. The second-order valence-corrected chi connectivity index (χ2v) is 10.7. The average Bonchev–Trinajstić information content (AvgIpc) is 3.01. The Labute approximate surface area is 249 Å². The fourth-order valence-electron chi connectivity index (χ4n) is 4.62. The monoisotopic (exact) mass is 546 g/mol. The van der Waals surface area contributed by atoms with Gasteiger partial charge >= 0.3 is 0 Å². The normalized spacial score (nSPS) is 18.8. The molecule has 0 aromatic carbocycles. The Morgan fingerprint density at radius 2 is 1.21 bits per heavy atom. The van der Waals surface area contributed by atoms with Gasteiger partial charge in [-0.15, -0.1) is 0 Å². The molecular weight excluding hydrogens is 470 g/mol. The number of rotatable bonds is 30. The van der Waals surface area contributed by atoms with Crippen LogP contribution in [0.3, 0.4) is 0 Å². The molecule has 0 radical (unpaired) electrons. The van der Waals surface area contributed by atoms with Crippen LogP contribution in [0.5, 0.6) is 0 Å². The Morgan fingerprint density at radius 3 is 1.66 bits per heavy atom. The molecule has 0 aromatic heterocycles. The van der Waals surface area contributed by atoms with Gasteiger partial charge in [-0.25, -0.2) is 0 Å². The van der Waals surface area contributed by atoms with Crippen LogP contribution >= 0.6 is 0 Å². The van der Waals surface area contributed by atoms with Gasteiger partial charge in [0.1, 0.15) is 0 Å². The summed E-state index contributed by atoms with van der Waals surface area (Å²) in [5.74, 6) is -1.04. The van der Waals surface area contributed by atoms with E-state index in [1.165, 1.54) is 70.6 Å². The Bertz CT molecular complexity index is 810. The van der Waals surface area contributed by atoms with Crippen LogP contribution in [-0.2, 0) is 4.79 Å². The lowest BCUT2D eigenvalue weighted by Crippen LogP contribution is -2.45. The van der Waals surface area contributed by atoms with E-state index in [1.54, 1.807) is 0 Å². The predicted molar refractivity (Wildman–Crippen MR) is 166 cm³/mol. The summed E-state index contributed by atoms with van der Waals surface area (Å²) in [6.07, 6.45) is 21.7. The summed E-state index contributed by atoms with van der Waals surface area (Å²) < 4.78 is 64.1. The van der Waals surface area contributed by atoms with E-state index >= 15 is 0 Å². The van der Waals surface area contributed by atoms with Crippen LogP contribution in [-0.4, -0.2) is 34.8 Å². The van der Waals surface area contributed by atoms with Gasteiger partial charge in [0.05, 0.1) is 26.9 Å². The summed E-state index contributed by atoms with van der Waals surface area (Å²) >= 11 is 0. The zero-order valence-electron chi connectivity index (χ0n) is 32.8. The highest BCUT2D eigenvalue weighted by atomic mass is 16.3. The fraction of sp³-hybridized carbons (Fsp3) is 0.912. The molecule has 0 bridgehead atoms. The minimum Gasteiger partial charge on any atom is -0.394 e. The van der Waals surface area contributed by atoms with E-state index in [4.69, 9.17) is 11.0 Å². The van der Waals surface area contributed by atoms with E-state index in [0.717, 1.165) is 64.2 Å². The van der Waals surface area contributed by atoms with Crippen molar-refractivity contribution in [3.05, 3.63) is 12.1 Å². The van der Waals surface area contributed by atoms with Crippen LogP contribution in [0, 0.1) is 0 Å². The number of hydrogen-bond donors (Lipinski definition) is 3. The minimum atomic E-state index is -3.72. The topological polar surface area (TPSA) is 69.6 Å². The smallest absolute Gasteiger partial charge is 0.220 e. The zero-order chi connectivity index (χ0) is 34.9. The molecule has 0 aliphatic rings. The van der Waals surface area contributed by atoms with E-state index in [9.17, 15) is 15.0 Å². The van der Waals surface area contributed by atoms with E-state index < -0.39 is 36.7 Å². The van der Waals surface area contributed by atoms with E-state index in [-0.39, 0.29) is 18.2 Å². The van der Waals surface area contributed by atoms with E-state index in [0.29, 0.717) is 26.2 Å². The molecular formula is C34H67NO3. The molecule has 0 heterocycles. The van der Waals surface area contributed by atoms with Crippen molar-refractivity contribution < 1.29 is 26.0 Å². The maximum absolute atomic E-state index is 12.8. The Morgan fingerprint density at radius 1 is 0.789 bits per heavy atom. The number of carbonyl (C=O) groups is 1. The molecule has 0 rings (SSSR count). The third-order valence-electron chi connectivity index (χ3n) is 7.07. The summed E-state index contributed by atoms with van der Waals surface area (Å²) in [7, 11) is 0. The van der Waals surface area contributed by atoms with Gasteiger partial charge in [-0.2, -0.15) is 0 Å². The number of nitrogens with one attached hydrogen (secondary N) is 1. The average molecular weight is 546 g/mol. The molecule has 2 atom stereocenters. The van der Waals surface area contributed by atoms with Gasteiger partial charge in [0.25, 0.3) is 0 Å². The van der Waals surface area contributed by atoms with Crippen molar-refractivity contribution in [3.63, 3.8) is 0 Å². The van der Waals surface area contributed by atoms with Crippen molar-refractivity contribution in [2.75, 3.05) is 6.56 Å². The molecule has 0 aliphatic carbocycles. The Hall–Kier alpha value is -0.870. The lowest BCUT2D eigenvalue weighted by Gasteiger charge is -2.20. The predicted octanol–water partition coefficient (Wildman–Crippen LogP) is 9.56. The van der Waals surface area contributed by atoms with Crippen LogP contribution in [0.4, 0.5) is 0 Å². The summed E-state index contributed by atoms with van der Waals surface area (Å²) in [5, 5.41) is 20.9. The molecule has 3 N–H and O–H groups in total. The molecule has 0 spiro atoms. The molecule has 4 nitrogen and oxygen atoms in total. The SMILES string of the molecule is [2H]CCCCCCCCCCCCCCCC(=O)N([2H])[C@@]([2H])(C([2H])([2H])O)[C@]([2H])(O)/C([2H])=C(\[2H])CCCCCCCCCCCCC. The molecule has 0 aromatic rings. The Kier molecular flexibility index (Phi) is 20.1. The molecule has 0 fully saturated rings. The van der Waals surface area contributed by atoms with Gasteiger partial charge in [0.2, 0.25) is 5.91 Å². The zero-order valence-corrected chi connectivity index (χ0v) is 24.8. The first kappa shape index (κ1) is 24.9. The molecule has 0 aliphatic heterocycles. The van der Waals surface area contributed by atoms with Gasteiger partial charge < -0.3 is 15.5 Å². The molecule has 0 unspecified atom stereocenters. The lowest BCUT2D eigenvalue weighted by molar-refractivity contribution is -0.123. The van der Waals surface area contributed by atoms with Gasteiger partial charge in [-0.1, -0.05) is 167 Å². The van der Waals surface area contributed by atoms with Crippen LogP contribution < -0.4 is 5.31 Å². The highest BCUT2D eigenvalue weighted by Crippen LogP contribution is 2.14. The van der Waals surface area contributed by atoms with Gasteiger partial charge in [0, 0.05) is 7.79 Å². The summed E-state index contributed by atoms with van der Waals surface area (Å²) in [6, 6.07) is -5.14. The quantitative estimate of drug-likeness (QED) is 0.0621. The second-order valence-electron chi connectivity index (χ2n) is 10.7. The van der Waals surface area contributed by atoms with E-state index in [2.05, 4.69) is 6.92 Å². The van der Waals surface area contributed by atoms with Crippen LogP contribution in [0.25, 0.3) is 0 Å². The maximum Gasteiger partial charge on any atom is 0.220 e. The first-order valence-corrected chi connectivity index (χ1v) is 16.0. The fourth-order valence-corrected chi connectivity index (χ4v) is 4.62. The van der Waals surface area contributed by atoms with Gasteiger partial charge in [-0.3, -0.25) is 4.79 Å². The molecule has 226 valence electrons. The summed E-state index contributed by atoms with van der Waals surface area (Å²) in [6.45, 7) is -0.997.